The van der Waals surface area contributed by atoms with Gasteiger partial charge in [-0.15, -0.1) is 0 Å². The van der Waals surface area contributed by atoms with E-state index >= 15 is 0 Å². The third-order valence-corrected chi connectivity index (χ3v) is 3.95. The van der Waals surface area contributed by atoms with E-state index in [1.165, 1.54) is 5.56 Å². The molecule has 0 aliphatic carbocycles. The molecule has 0 aliphatic heterocycles. The van der Waals surface area contributed by atoms with Gasteiger partial charge in [0.2, 0.25) is 0 Å². The summed E-state index contributed by atoms with van der Waals surface area (Å²) in [6.07, 6.45) is 0. The predicted octanol–water partition coefficient (Wildman–Crippen LogP) is 5.45. The monoisotopic (exact) mass is 308 g/mol. The van der Waals surface area contributed by atoms with Crippen LogP contribution < -0.4 is 0 Å². The first-order chi connectivity index (χ1) is 10.7. The molecule has 0 aliphatic rings. The van der Waals surface area contributed by atoms with Gasteiger partial charge in [-0.25, -0.2) is 4.98 Å². The quantitative estimate of drug-likeness (QED) is 0.535. The molecule has 0 spiro atoms. The molecule has 0 unspecified atom stereocenters. The van der Waals surface area contributed by atoms with E-state index in [1.54, 1.807) is 0 Å². The van der Waals surface area contributed by atoms with Crippen LogP contribution >= 0.6 is 11.6 Å². The van der Waals surface area contributed by atoms with Crippen molar-refractivity contribution in [3.8, 4) is 22.9 Å². The first kappa shape index (κ1) is 13.2. The maximum absolute atomic E-state index is 6.21. The Hall–Kier alpha value is -2.52. The molecule has 4 rings (SSSR count). The Morgan fingerprint density at radius 1 is 1.00 bits per heavy atom. The van der Waals surface area contributed by atoms with E-state index in [-0.39, 0.29) is 0 Å². The molecular weight excluding hydrogens is 296 g/mol. The van der Waals surface area contributed by atoms with Gasteiger partial charge < -0.3 is 9.40 Å². The molecule has 2 aromatic heterocycles. The molecule has 2 heterocycles. The number of aromatic amines is 1. The van der Waals surface area contributed by atoms with Crippen molar-refractivity contribution in [3.63, 3.8) is 0 Å². The number of benzene rings is 2. The van der Waals surface area contributed by atoms with Crippen LogP contribution in [-0.4, -0.2) is 9.97 Å². The van der Waals surface area contributed by atoms with Crippen LogP contribution in [0.4, 0.5) is 0 Å². The number of rotatable bonds is 2. The van der Waals surface area contributed by atoms with Gasteiger partial charge in [-0.1, -0.05) is 29.8 Å². The summed E-state index contributed by atoms with van der Waals surface area (Å²) in [5.74, 6) is 2.15. The zero-order valence-corrected chi connectivity index (χ0v) is 12.7. The van der Waals surface area contributed by atoms with E-state index in [0.717, 1.165) is 28.2 Å². The van der Waals surface area contributed by atoms with Crippen LogP contribution in [0.3, 0.4) is 0 Å². The van der Waals surface area contributed by atoms with Gasteiger partial charge in [-0.05, 0) is 48.9 Å². The van der Waals surface area contributed by atoms with Gasteiger partial charge >= 0.3 is 0 Å². The summed E-state index contributed by atoms with van der Waals surface area (Å²) in [4.78, 5) is 7.87. The minimum absolute atomic E-state index is 0.670. The van der Waals surface area contributed by atoms with E-state index in [1.807, 2.05) is 48.5 Å². The number of hydrogen-bond donors (Lipinski definition) is 1. The molecule has 1 N–H and O–H groups in total. The molecule has 0 fully saturated rings. The van der Waals surface area contributed by atoms with Crippen molar-refractivity contribution < 1.29 is 4.42 Å². The highest BCUT2D eigenvalue weighted by atomic mass is 35.5. The van der Waals surface area contributed by atoms with Crippen LogP contribution in [0.2, 0.25) is 5.02 Å². The van der Waals surface area contributed by atoms with Gasteiger partial charge in [0.25, 0.3) is 0 Å². The van der Waals surface area contributed by atoms with Gasteiger partial charge in [0.1, 0.15) is 5.76 Å². The fraction of sp³-hybridized carbons (Fsp3) is 0.0556. The van der Waals surface area contributed by atoms with Crippen LogP contribution in [0.25, 0.3) is 33.9 Å². The Morgan fingerprint density at radius 3 is 2.68 bits per heavy atom. The van der Waals surface area contributed by atoms with Gasteiger partial charge in [-0.2, -0.15) is 0 Å². The van der Waals surface area contributed by atoms with E-state index < -0.39 is 0 Å². The van der Waals surface area contributed by atoms with Crippen LogP contribution in [-0.2, 0) is 0 Å². The first-order valence-electron chi connectivity index (χ1n) is 7.02. The Kier molecular flexibility index (Phi) is 3.01. The van der Waals surface area contributed by atoms with Crippen LogP contribution in [0.1, 0.15) is 5.56 Å². The second kappa shape index (κ2) is 5.04. The summed E-state index contributed by atoms with van der Waals surface area (Å²) >= 11 is 6.21. The van der Waals surface area contributed by atoms with Gasteiger partial charge in [0.15, 0.2) is 11.6 Å². The highest BCUT2D eigenvalue weighted by molar-refractivity contribution is 6.33. The maximum atomic E-state index is 6.21. The average molecular weight is 309 g/mol. The molecule has 0 saturated carbocycles. The van der Waals surface area contributed by atoms with E-state index in [2.05, 4.69) is 23.0 Å². The van der Waals surface area contributed by atoms with Crippen molar-refractivity contribution in [1.29, 1.82) is 0 Å². The SMILES string of the molecule is Cc1ccc2nc(-c3ccc(-c4ccccc4Cl)o3)[nH]c2c1. The number of imidazole rings is 1. The average Bonchev–Trinajstić information content (AvgIpc) is 3.13. The third kappa shape index (κ3) is 2.20. The number of aromatic nitrogens is 2. The van der Waals surface area contributed by atoms with Crippen molar-refractivity contribution in [2.75, 3.05) is 0 Å². The first-order valence-corrected chi connectivity index (χ1v) is 7.40. The zero-order valence-electron chi connectivity index (χ0n) is 11.9. The smallest absolute Gasteiger partial charge is 0.174 e. The second-order valence-electron chi connectivity index (χ2n) is 5.25. The molecule has 4 aromatic rings. The molecule has 0 bridgehead atoms. The number of nitrogens with one attached hydrogen (secondary N) is 1. The highest BCUT2D eigenvalue weighted by Gasteiger charge is 2.12. The van der Waals surface area contributed by atoms with Crippen LogP contribution in [0.5, 0.6) is 0 Å². The molecule has 22 heavy (non-hydrogen) atoms. The maximum Gasteiger partial charge on any atom is 0.174 e. The van der Waals surface area contributed by atoms with Crippen LogP contribution in [0.15, 0.2) is 59.0 Å². The molecule has 3 nitrogen and oxygen atoms in total. The number of aryl methyl sites for hydroxylation is 1. The van der Waals surface area contributed by atoms with Crippen molar-refractivity contribution in [2.45, 2.75) is 6.92 Å². The molecule has 2 aromatic carbocycles. The minimum Gasteiger partial charge on any atom is -0.453 e. The number of furan rings is 1. The normalized spacial score (nSPS) is 11.2. The van der Waals surface area contributed by atoms with Crippen LogP contribution in [0, 0.1) is 6.92 Å². The van der Waals surface area contributed by atoms with Crippen molar-refractivity contribution >= 4 is 22.6 Å². The Labute approximate surface area is 132 Å². The standard InChI is InChI=1S/C18H13ClN2O/c1-11-6-7-14-15(10-11)21-18(20-14)17-9-8-16(22-17)12-4-2-3-5-13(12)19/h2-10H,1H3,(H,20,21). The lowest BCUT2D eigenvalue weighted by atomic mass is 10.2. The number of nitrogens with zero attached hydrogens (tertiary/aromatic N) is 1. The van der Waals surface area contributed by atoms with E-state index in [4.69, 9.17) is 16.0 Å². The lowest BCUT2D eigenvalue weighted by Gasteiger charge is -1.99. The van der Waals surface area contributed by atoms with Crippen molar-refractivity contribution in [2.24, 2.45) is 0 Å². The third-order valence-electron chi connectivity index (χ3n) is 3.62. The Bertz CT molecular complexity index is 968. The number of fused-ring (bicyclic) bond motifs is 1. The Balaban J connectivity index is 1.78. The lowest BCUT2D eigenvalue weighted by molar-refractivity contribution is 0.593. The summed E-state index contributed by atoms with van der Waals surface area (Å²) in [7, 11) is 0. The summed E-state index contributed by atoms with van der Waals surface area (Å²) in [6.45, 7) is 2.06. The Morgan fingerprint density at radius 2 is 1.82 bits per heavy atom. The molecule has 0 atom stereocenters. The van der Waals surface area contributed by atoms with E-state index in [9.17, 15) is 0 Å². The summed E-state index contributed by atoms with van der Waals surface area (Å²) in [5.41, 5.74) is 4.00. The molecule has 0 saturated heterocycles. The minimum atomic E-state index is 0.670. The topological polar surface area (TPSA) is 41.8 Å². The lowest BCUT2D eigenvalue weighted by Crippen LogP contribution is -1.76. The second-order valence-corrected chi connectivity index (χ2v) is 5.66. The number of halogens is 1. The molecule has 4 heteroatoms. The van der Waals surface area contributed by atoms with Gasteiger partial charge in [0, 0.05) is 5.56 Å². The summed E-state index contributed by atoms with van der Waals surface area (Å²) in [5, 5.41) is 0.670. The van der Waals surface area contributed by atoms with Gasteiger partial charge in [0.05, 0.1) is 16.1 Å². The van der Waals surface area contributed by atoms with Crippen molar-refractivity contribution in [1.82, 2.24) is 9.97 Å². The number of hydrogen-bond acceptors (Lipinski definition) is 2. The van der Waals surface area contributed by atoms with E-state index in [0.29, 0.717) is 10.8 Å². The summed E-state index contributed by atoms with van der Waals surface area (Å²) in [6, 6.07) is 17.6. The molecular formula is C18H13ClN2O. The largest absolute Gasteiger partial charge is 0.453 e. The zero-order chi connectivity index (χ0) is 15.1. The summed E-state index contributed by atoms with van der Waals surface area (Å²) < 4.78 is 5.92. The number of H-pyrrole nitrogens is 1. The molecule has 0 amide bonds. The fourth-order valence-electron chi connectivity index (χ4n) is 2.51. The highest BCUT2D eigenvalue weighted by Crippen LogP contribution is 2.32. The van der Waals surface area contributed by atoms with Gasteiger partial charge in [-0.3, -0.25) is 0 Å². The van der Waals surface area contributed by atoms with Crippen molar-refractivity contribution in [3.05, 3.63) is 65.2 Å². The fourth-order valence-corrected chi connectivity index (χ4v) is 2.74. The molecule has 108 valence electrons. The molecule has 0 radical (unpaired) electrons. The predicted molar refractivity (Wildman–Crippen MR) is 89.0 cm³/mol.